The predicted molar refractivity (Wildman–Crippen MR) is 33.2 cm³/mol. The maximum atomic E-state index is 10.4. The second-order valence-electron chi connectivity index (χ2n) is 2.69. The third-order valence-corrected chi connectivity index (χ3v) is 2.03. The average molecular weight is 127 g/mol. The maximum absolute atomic E-state index is 10.4. The predicted octanol–water partition coefficient (Wildman–Crippen LogP) is 1.28. The second-order valence-corrected chi connectivity index (χ2v) is 2.69. The van der Waals surface area contributed by atoms with Crippen LogP contribution >= 0.6 is 0 Å². The Bertz CT molecular complexity index is 103. The van der Waals surface area contributed by atoms with Crippen molar-refractivity contribution in [2.45, 2.75) is 25.7 Å². The van der Waals surface area contributed by atoms with Crippen LogP contribution in [0.25, 0.3) is 0 Å². The molecule has 1 aliphatic carbocycles. The van der Waals surface area contributed by atoms with E-state index in [0.29, 0.717) is 0 Å². The minimum atomic E-state index is -0.472. The van der Waals surface area contributed by atoms with Gasteiger partial charge in [-0.3, -0.25) is 0 Å². The smallest absolute Gasteiger partial charge is 0.128 e. The molecule has 0 bridgehead atoms. The van der Waals surface area contributed by atoms with Gasteiger partial charge in [-0.05, 0) is 12.8 Å². The van der Waals surface area contributed by atoms with E-state index < -0.39 is 5.41 Å². The van der Waals surface area contributed by atoms with Crippen LogP contribution in [0.3, 0.4) is 0 Å². The fourth-order valence-electron chi connectivity index (χ4n) is 1.31. The first-order chi connectivity index (χ1) is 4.33. The molecule has 1 fully saturated rings. The Labute approximate surface area is 54.9 Å². The molecule has 1 rings (SSSR count). The van der Waals surface area contributed by atoms with Gasteiger partial charge >= 0.3 is 0 Å². The van der Waals surface area contributed by atoms with Crippen LogP contribution in [0.4, 0.5) is 0 Å². The summed E-state index contributed by atoms with van der Waals surface area (Å²) in [5.41, 5.74) is -0.472. The minimum absolute atomic E-state index is 0.472. The zero-order valence-corrected chi connectivity index (χ0v) is 5.34. The Morgan fingerprint density at radius 1 is 1.33 bits per heavy atom. The highest BCUT2D eigenvalue weighted by Gasteiger charge is 2.32. The lowest BCUT2D eigenvalue weighted by molar-refractivity contribution is -0.115. The zero-order chi connectivity index (χ0) is 6.74. The van der Waals surface area contributed by atoms with Gasteiger partial charge in [0.15, 0.2) is 0 Å². The van der Waals surface area contributed by atoms with Gasteiger partial charge in [0, 0.05) is 0 Å². The van der Waals surface area contributed by atoms with Crippen LogP contribution in [0.5, 0.6) is 0 Å². The summed E-state index contributed by atoms with van der Waals surface area (Å²) in [7, 11) is 0. The monoisotopic (exact) mass is 127 g/mol. The highest BCUT2D eigenvalue weighted by Crippen LogP contribution is 2.37. The number of carbonyl (C=O) groups is 1. The molecule has 1 N–H and O–H groups in total. The van der Waals surface area contributed by atoms with Gasteiger partial charge < -0.3 is 9.90 Å². The molecular formula is C7H11O2. The standard InChI is InChI=1S/C7H11O2/c8-5-7(6-9)3-1-2-4-7/h5-6,8H,1-4H2. The van der Waals surface area contributed by atoms with Gasteiger partial charge in [-0.25, -0.2) is 0 Å². The van der Waals surface area contributed by atoms with Crippen molar-refractivity contribution in [3.8, 4) is 0 Å². The normalized spacial score (nSPS) is 24.1. The van der Waals surface area contributed by atoms with E-state index in [1.165, 1.54) is 0 Å². The van der Waals surface area contributed by atoms with Crippen molar-refractivity contribution in [2.75, 3.05) is 0 Å². The van der Waals surface area contributed by atoms with Crippen molar-refractivity contribution in [1.82, 2.24) is 0 Å². The molecule has 0 aliphatic heterocycles. The Morgan fingerprint density at radius 3 is 2.11 bits per heavy atom. The van der Waals surface area contributed by atoms with E-state index >= 15 is 0 Å². The number of rotatable bonds is 2. The summed E-state index contributed by atoms with van der Waals surface area (Å²) >= 11 is 0. The fourth-order valence-corrected chi connectivity index (χ4v) is 1.31. The first kappa shape index (κ1) is 6.75. The van der Waals surface area contributed by atoms with E-state index in [-0.39, 0.29) is 0 Å². The van der Waals surface area contributed by atoms with Crippen LogP contribution in [-0.4, -0.2) is 11.4 Å². The SMILES string of the molecule is O=CC1([CH]O)CCCC1. The first-order valence-electron chi connectivity index (χ1n) is 3.28. The van der Waals surface area contributed by atoms with E-state index in [2.05, 4.69) is 0 Å². The zero-order valence-electron chi connectivity index (χ0n) is 5.34. The Morgan fingerprint density at radius 2 is 1.89 bits per heavy atom. The largest absolute Gasteiger partial charge is 0.389 e. The Balaban J connectivity index is 2.55. The van der Waals surface area contributed by atoms with Gasteiger partial charge in [0.1, 0.15) is 6.29 Å². The van der Waals surface area contributed by atoms with Crippen molar-refractivity contribution in [2.24, 2.45) is 5.41 Å². The molecule has 0 amide bonds. The van der Waals surface area contributed by atoms with Crippen LogP contribution < -0.4 is 0 Å². The van der Waals surface area contributed by atoms with Crippen LogP contribution in [0, 0.1) is 12.0 Å². The van der Waals surface area contributed by atoms with Crippen LogP contribution in [0.1, 0.15) is 25.7 Å². The van der Waals surface area contributed by atoms with Gasteiger partial charge in [0.05, 0.1) is 12.0 Å². The molecule has 51 valence electrons. The third-order valence-electron chi connectivity index (χ3n) is 2.03. The molecule has 2 nitrogen and oxygen atoms in total. The lowest BCUT2D eigenvalue weighted by atomic mass is 9.90. The van der Waals surface area contributed by atoms with Crippen molar-refractivity contribution in [3.05, 3.63) is 6.61 Å². The lowest BCUT2D eigenvalue weighted by Crippen LogP contribution is -2.17. The molecule has 0 aromatic carbocycles. The molecule has 9 heavy (non-hydrogen) atoms. The Kier molecular flexibility index (Phi) is 1.86. The molecule has 0 saturated heterocycles. The van der Waals surface area contributed by atoms with E-state index in [4.69, 9.17) is 5.11 Å². The van der Waals surface area contributed by atoms with Crippen LogP contribution in [-0.2, 0) is 4.79 Å². The van der Waals surface area contributed by atoms with Crippen molar-refractivity contribution in [1.29, 1.82) is 0 Å². The van der Waals surface area contributed by atoms with E-state index in [1.54, 1.807) is 0 Å². The quantitative estimate of drug-likeness (QED) is 0.567. The van der Waals surface area contributed by atoms with E-state index in [0.717, 1.165) is 38.6 Å². The number of aldehydes is 1. The molecule has 0 heterocycles. The van der Waals surface area contributed by atoms with E-state index in [1.807, 2.05) is 0 Å². The lowest BCUT2D eigenvalue weighted by Gasteiger charge is -2.15. The van der Waals surface area contributed by atoms with Gasteiger partial charge in [-0.2, -0.15) is 0 Å². The second kappa shape index (κ2) is 2.48. The summed E-state index contributed by atoms with van der Waals surface area (Å²) in [5, 5.41) is 8.66. The Hall–Kier alpha value is -0.370. The van der Waals surface area contributed by atoms with Crippen molar-refractivity contribution in [3.63, 3.8) is 0 Å². The highest BCUT2D eigenvalue weighted by molar-refractivity contribution is 5.61. The molecule has 0 aromatic heterocycles. The summed E-state index contributed by atoms with van der Waals surface area (Å²) < 4.78 is 0. The van der Waals surface area contributed by atoms with Gasteiger partial charge in [-0.1, -0.05) is 12.8 Å². The number of hydrogen-bond acceptors (Lipinski definition) is 2. The van der Waals surface area contributed by atoms with Gasteiger partial charge in [0.25, 0.3) is 0 Å². The summed E-state index contributed by atoms with van der Waals surface area (Å²) in [5.74, 6) is 0. The summed E-state index contributed by atoms with van der Waals surface area (Å²) in [6.45, 7) is 1.05. The molecule has 1 radical (unpaired) electrons. The maximum Gasteiger partial charge on any atom is 0.128 e. The van der Waals surface area contributed by atoms with Crippen molar-refractivity contribution >= 4 is 6.29 Å². The molecule has 0 spiro atoms. The topological polar surface area (TPSA) is 37.3 Å². The van der Waals surface area contributed by atoms with Crippen LogP contribution in [0.2, 0.25) is 0 Å². The number of aliphatic hydroxyl groups excluding tert-OH is 1. The molecular weight excluding hydrogens is 116 g/mol. The van der Waals surface area contributed by atoms with Gasteiger partial charge in [-0.15, -0.1) is 0 Å². The molecule has 0 atom stereocenters. The molecule has 0 unspecified atom stereocenters. The van der Waals surface area contributed by atoms with Crippen LogP contribution in [0.15, 0.2) is 0 Å². The highest BCUT2D eigenvalue weighted by atomic mass is 16.3. The van der Waals surface area contributed by atoms with Crippen molar-refractivity contribution < 1.29 is 9.90 Å². The molecule has 2 heteroatoms. The number of hydrogen-bond donors (Lipinski definition) is 1. The minimum Gasteiger partial charge on any atom is -0.389 e. The van der Waals surface area contributed by atoms with Gasteiger partial charge in [0.2, 0.25) is 0 Å². The third kappa shape index (κ3) is 1.13. The number of aliphatic hydroxyl groups is 1. The summed E-state index contributed by atoms with van der Waals surface area (Å²) in [6.07, 6.45) is 4.64. The fraction of sp³-hybridized carbons (Fsp3) is 0.714. The number of carbonyl (C=O) groups excluding carboxylic acids is 1. The molecule has 0 aromatic rings. The molecule has 1 saturated carbocycles. The summed E-state index contributed by atoms with van der Waals surface area (Å²) in [6, 6.07) is 0. The summed E-state index contributed by atoms with van der Waals surface area (Å²) in [4.78, 5) is 10.4. The average Bonchev–Trinajstić information content (AvgIpc) is 2.36. The first-order valence-corrected chi connectivity index (χ1v) is 3.28. The van der Waals surface area contributed by atoms with E-state index in [9.17, 15) is 4.79 Å². The molecule has 1 aliphatic rings.